The average Bonchev–Trinajstić information content (AvgIpc) is 3.11. The second-order valence-electron chi connectivity index (χ2n) is 7.01. The summed E-state index contributed by atoms with van der Waals surface area (Å²) >= 11 is 0. The minimum atomic E-state index is -1.03. The molecule has 2 unspecified atom stereocenters. The van der Waals surface area contributed by atoms with Gasteiger partial charge < -0.3 is 19.0 Å². The van der Waals surface area contributed by atoms with Crippen LogP contribution in [0.25, 0.3) is 27.8 Å². The Morgan fingerprint density at radius 3 is 2.89 bits per heavy atom. The van der Waals surface area contributed by atoms with Crippen molar-refractivity contribution >= 4 is 28.3 Å². The van der Waals surface area contributed by atoms with Crippen molar-refractivity contribution in [2.45, 2.75) is 12.6 Å². The van der Waals surface area contributed by atoms with Gasteiger partial charge in [0, 0.05) is 37.1 Å². The van der Waals surface area contributed by atoms with Crippen LogP contribution in [0, 0.1) is 5.92 Å². The summed E-state index contributed by atoms with van der Waals surface area (Å²) < 4.78 is 22.6. The highest BCUT2D eigenvalue weighted by Crippen LogP contribution is 2.36. The zero-order valence-electron chi connectivity index (χ0n) is 15.4. The molecule has 28 heavy (non-hydrogen) atoms. The number of aryl methyl sites for hydroxylation is 1. The number of imidazole rings is 1. The van der Waals surface area contributed by atoms with E-state index >= 15 is 0 Å². The van der Waals surface area contributed by atoms with Gasteiger partial charge in [-0.3, -0.25) is 4.79 Å². The van der Waals surface area contributed by atoms with E-state index in [2.05, 4.69) is 15.3 Å². The summed E-state index contributed by atoms with van der Waals surface area (Å²) in [5.74, 6) is 0.275. The minimum absolute atomic E-state index is 0.292. The maximum Gasteiger partial charge on any atom is 0.231 e. The number of nitrogens with zero attached hydrogens (tertiary/aromatic N) is 4. The van der Waals surface area contributed by atoms with Gasteiger partial charge in [0.1, 0.15) is 23.4 Å². The van der Waals surface area contributed by atoms with Crippen LogP contribution in [0.4, 0.5) is 10.2 Å². The summed E-state index contributed by atoms with van der Waals surface area (Å²) in [6, 6.07) is 5.71. The fourth-order valence-electron chi connectivity index (χ4n) is 3.52. The molecule has 1 amide bonds. The zero-order chi connectivity index (χ0) is 19.4. The van der Waals surface area contributed by atoms with E-state index in [1.807, 2.05) is 40.5 Å². The molecule has 1 fully saturated rings. The second kappa shape index (κ2) is 6.05. The Bertz CT molecular complexity index is 1230. The highest BCUT2D eigenvalue weighted by molar-refractivity contribution is 5.96. The van der Waals surface area contributed by atoms with Crippen LogP contribution in [-0.2, 0) is 11.8 Å². The van der Waals surface area contributed by atoms with Crippen LogP contribution < -0.4 is 10.1 Å². The quantitative estimate of drug-likeness (QED) is 0.591. The third kappa shape index (κ3) is 2.60. The third-order valence-electron chi connectivity index (χ3n) is 5.22. The lowest BCUT2D eigenvalue weighted by Crippen LogP contribution is -2.15. The second-order valence-corrected chi connectivity index (χ2v) is 7.01. The van der Waals surface area contributed by atoms with Gasteiger partial charge in [-0.05, 0) is 18.6 Å². The molecule has 4 heterocycles. The van der Waals surface area contributed by atoms with E-state index in [-0.39, 0.29) is 5.91 Å². The summed E-state index contributed by atoms with van der Waals surface area (Å²) in [4.78, 5) is 20.6. The van der Waals surface area contributed by atoms with Crippen LogP contribution in [0.1, 0.15) is 6.42 Å². The van der Waals surface area contributed by atoms with Crippen LogP contribution in [0.3, 0.4) is 0 Å². The Balaban J connectivity index is 1.57. The number of alkyl halides is 1. The molecule has 0 spiro atoms. The molecule has 1 N–H and O–H groups in total. The number of ether oxygens (including phenoxy) is 1. The molecule has 142 valence electrons. The predicted octanol–water partition coefficient (Wildman–Crippen LogP) is 3.19. The Kier molecular flexibility index (Phi) is 3.61. The maximum absolute atomic E-state index is 13.1. The van der Waals surface area contributed by atoms with Gasteiger partial charge in [0.15, 0.2) is 0 Å². The van der Waals surface area contributed by atoms with Gasteiger partial charge >= 0.3 is 0 Å². The van der Waals surface area contributed by atoms with E-state index in [0.717, 1.165) is 27.8 Å². The van der Waals surface area contributed by atoms with E-state index in [1.54, 1.807) is 25.6 Å². The molecule has 7 nitrogen and oxygen atoms in total. The van der Waals surface area contributed by atoms with E-state index < -0.39 is 12.1 Å². The Morgan fingerprint density at radius 2 is 2.14 bits per heavy atom. The highest BCUT2D eigenvalue weighted by atomic mass is 19.1. The number of aromatic nitrogens is 4. The molecule has 1 aliphatic rings. The average molecular weight is 379 g/mol. The van der Waals surface area contributed by atoms with E-state index in [0.29, 0.717) is 18.0 Å². The van der Waals surface area contributed by atoms with Crippen molar-refractivity contribution in [3.8, 4) is 17.0 Å². The number of amides is 1. The Labute approximate surface area is 159 Å². The van der Waals surface area contributed by atoms with Gasteiger partial charge in [-0.25, -0.2) is 14.4 Å². The number of nitrogens with one attached hydrogen (secondary N) is 1. The summed E-state index contributed by atoms with van der Waals surface area (Å²) in [6.45, 7) is 0. The van der Waals surface area contributed by atoms with E-state index in [4.69, 9.17) is 4.74 Å². The van der Waals surface area contributed by atoms with Gasteiger partial charge in [0.2, 0.25) is 5.91 Å². The lowest BCUT2D eigenvalue weighted by atomic mass is 10.1. The fourth-order valence-corrected chi connectivity index (χ4v) is 3.52. The van der Waals surface area contributed by atoms with E-state index in [1.165, 1.54) is 0 Å². The van der Waals surface area contributed by atoms with Crippen molar-refractivity contribution in [3.63, 3.8) is 0 Å². The van der Waals surface area contributed by atoms with Crippen LogP contribution in [0.5, 0.6) is 5.75 Å². The largest absolute Gasteiger partial charge is 0.496 e. The molecular formula is C20H18FN5O2. The SMILES string of the molecule is COc1cc2nccn2cc1-c1cc2cc(NC(=O)C3CC3F)ncc2n1C. The number of hydrogen-bond acceptors (Lipinski definition) is 4. The standard InChI is InChI=1S/C20H18FN5O2/c1-25-15(13-10-26-4-3-22-19(26)8-17(13)28-2)5-11-6-18(23-9-16(11)25)24-20(27)12-7-14(12)21/h3-6,8-10,12,14H,7H2,1-2H3,(H,23,24,27). The number of carbonyl (C=O) groups is 1. The highest BCUT2D eigenvalue weighted by Gasteiger charge is 2.43. The molecule has 4 aromatic rings. The lowest BCUT2D eigenvalue weighted by molar-refractivity contribution is -0.117. The number of rotatable bonds is 4. The molecule has 0 aliphatic heterocycles. The molecule has 0 aromatic carbocycles. The number of methoxy groups -OCH3 is 1. The molecule has 5 rings (SSSR count). The topological polar surface area (TPSA) is 73.5 Å². The third-order valence-corrected chi connectivity index (χ3v) is 5.22. The molecule has 0 saturated heterocycles. The monoisotopic (exact) mass is 379 g/mol. The zero-order valence-corrected chi connectivity index (χ0v) is 15.4. The van der Waals surface area contributed by atoms with Crippen molar-refractivity contribution in [2.24, 2.45) is 13.0 Å². The van der Waals surface area contributed by atoms with Gasteiger partial charge in [0.05, 0.1) is 36.0 Å². The summed E-state index contributed by atoms with van der Waals surface area (Å²) in [5, 5.41) is 3.62. The molecule has 0 radical (unpaired) electrons. The Hall–Kier alpha value is -3.42. The molecule has 1 aliphatic carbocycles. The lowest BCUT2D eigenvalue weighted by Gasteiger charge is -2.10. The molecule has 2 atom stereocenters. The number of anilines is 1. The first-order chi connectivity index (χ1) is 13.5. The van der Waals surface area contributed by atoms with E-state index in [9.17, 15) is 9.18 Å². The summed E-state index contributed by atoms with van der Waals surface area (Å²) in [5.41, 5.74) is 3.57. The predicted molar refractivity (Wildman–Crippen MR) is 103 cm³/mol. The van der Waals surface area contributed by atoms with Crippen molar-refractivity contribution in [2.75, 3.05) is 12.4 Å². The first-order valence-electron chi connectivity index (χ1n) is 8.96. The van der Waals surface area contributed by atoms with Gasteiger partial charge in [-0.2, -0.15) is 0 Å². The van der Waals surface area contributed by atoms with Crippen molar-refractivity contribution in [1.29, 1.82) is 0 Å². The summed E-state index contributed by atoms with van der Waals surface area (Å²) in [7, 11) is 3.58. The normalized spacial score (nSPS) is 18.5. The van der Waals surface area contributed by atoms with Crippen LogP contribution >= 0.6 is 0 Å². The van der Waals surface area contributed by atoms with Gasteiger partial charge in [-0.15, -0.1) is 0 Å². The molecular weight excluding hydrogens is 361 g/mol. The minimum Gasteiger partial charge on any atom is -0.496 e. The van der Waals surface area contributed by atoms with Crippen LogP contribution in [0.15, 0.2) is 43.0 Å². The molecule has 0 bridgehead atoms. The Morgan fingerprint density at radius 1 is 1.32 bits per heavy atom. The smallest absolute Gasteiger partial charge is 0.231 e. The molecule has 1 saturated carbocycles. The first-order valence-corrected chi connectivity index (χ1v) is 8.96. The molecule has 4 aromatic heterocycles. The number of hydrogen-bond donors (Lipinski definition) is 1. The maximum atomic E-state index is 13.1. The number of carbonyl (C=O) groups excluding carboxylic acids is 1. The van der Waals surface area contributed by atoms with Crippen LogP contribution in [-0.4, -0.2) is 38.1 Å². The first kappa shape index (κ1) is 16.7. The summed E-state index contributed by atoms with van der Waals surface area (Å²) in [6.07, 6.45) is 6.56. The molecule has 8 heteroatoms. The number of halogens is 1. The van der Waals surface area contributed by atoms with Crippen LogP contribution in [0.2, 0.25) is 0 Å². The van der Waals surface area contributed by atoms with Gasteiger partial charge in [-0.1, -0.05) is 0 Å². The number of fused-ring (bicyclic) bond motifs is 2. The van der Waals surface area contributed by atoms with Gasteiger partial charge in [0.25, 0.3) is 0 Å². The van der Waals surface area contributed by atoms with Crippen molar-refractivity contribution in [3.05, 3.63) is 43.0 Å². The fraction of sp³-hybridized carbons (Fsp3) is 0.250. The van der Waals surface area contributed by atoms with Crippen molar-refractivity contribution < 1.29 is 13.9 Å². The van der Waals surface area contributed by atoms with Crippen molar-refractivity contribution in [1.82, 2.24) is 18.9 Å². The number of pyridine rings is 2.